The molecule has 1 atom stereocenters. The minimum Gasteiger partial charge on any atom is -0.352 e. The SMILES string of the molecule is C[C@@H](C(=O)NC1CCCC1)N(Cc1ccccc1Cl)C(=O)CN(c1ccccc1F)S(=O)(=O)N(C)C. The van der Waals surface area contributed by atoms with Crippen LogP contribution in [0.2, 0.25) is 5.02 Å². The van der Waals surface area contributed by atoms with E-state index in [1.54, 1.807) is 31.2 Å². The number of hydrogen-bond donors (Lipinski definition) is 1. The maximum atomic E-state index is 14.7. The molecular formula is C25H32ClFN4O4S. The molecule has 36 heavy (non-hydrogen) atoms. The highest BCUT2D eigenvalue weighted by Crippen LogP contribution is 2.25. The van der Waals surface area contributed by atoms with Crippen molar-refractivity contribution in [3.8, 4) is 0 Å². The summed E-state index contributed by atoms with van der Waals surface area (Å²) in [4.78, 5) is 28.0. The Hall–Kier alpha value is -2.69. The van der Waals surface area contributed by atoms with Gasteiger partial charge in [-0.15, -0.1) is 0 Å². The van der Waals surface area contributed by atoms with Crippen molar-refractivity contribution < 1.29 is 22.4 Å². The first kappa shape index (κ1) is 27.9. The molecule has 0 unspecified atom stereocenters. The van der Waals surface area contributed by atoms with E-state index in [0.717, 1.165) is 36.1 Å². The monoisotopic (exact) mass is 538 g/mol. The Kier molecular flexibility index (Phi) is 9.32. The van der Waals surface area contributed by atoms with Crippen molar-refractivity contribution in [3.05, 3.63) is 64.9 Å². The van der Waals surface area contributed by atoms with E-state index in [4.69, 9.17) is 11.6 Å². The topological polar surface area (TPSA) is 90.0 Å². The van der Waals surface area contributed by atoms with E-state index in [1.807, 2.05) is 0 Å². The highest BCUT2D eigenvalue weighted by Gasteiger charge is 2.34. The van der Waals surface area contributed by atoms with Crippen molar-refractivity contribution >= 4 is 39.3 Å². The van der Waals surface area contributed by atoms with Crippen molar-refractivity contribution in [2.45, 2.75) is 51.2 Å². The number of amides is 2. The summed E-state index contributed by atoms with van der Waals surface area (Å²) in [5.74, 6) is -1.80. The van der Waals surface area contributed by atoms with Crippen molar-refractivity contribution in [2.24, 2.45) is 0 Å². The zero-order valence-corrected chi connectivity index (χ0v) is 22.2. The molecule has 1 aliphatic rings. The van der Waals surface area contributed by atoms with Gasteiger partial charge < -0.3 is 10.2 Å². The van der Waals surface area contributed by atoms with Gasteiger partial charge in [0.15, 0.2) is 0 Å². The summed E-state index contributed by atoms with van der Waals surface area (Å²) in [6, 6.07) is 11.4. The predicted molar refractivity (Wildman–Crippen MR) is 138 cm³/mol. The second-order valence-corrected chi connectivity index (χ2v) is 11.5. The number of nitrogens with one attached hydrogen (secondary N) is 1. The Morgan fingerprint density at radius 2 is 1.69 bits per heavy atom. The largest absolute Gasteiger partial charge is 0.352 e. The summed E-state index contributed by atoms with van der Waals surface area (Å²) in [6.45, 7) is 0.866. The third-order valence-electron chi connectivity index (χ3n) is 6.31. The van der Waals surface area contributed by atoms with Gasteiger partial charge in [0.05, 0.1) is 5.69 Å². The molecule has 0 bridgehead atoms. The zero-order valence-electron chi connectivity index (χ0n) is 20.7. The van der Waals surface area contributed by atoms with Gasteiger partial charge in [0.1, 0.15) is 18.4 Å². The summed E-state index contributed by atoms with van der Waals surface area (Å²) in [6.07, 6.45) is 3.81. The fourth-order valence-corrected chi connectivity index (χ4v) is 5.40. The molecular weight excluding hydrogens is 507 g/mol. The number of halogens is 2. The van der Waals surface area contributed by atoms with Crippen LogP contribution in [0.25, 0.3) is 0 Å². The molecule has 0 spiro atoms. The Morgan fingerprint density at radius 1 is 1.08 bits per heavy atom. The summed E-state index contributed by atoms with van der Waals surface area (Å²) >= 11 is 6.33. The second-order valence-electron chi connectivity index (χ2n) is 9.03. The average molecular weight is 539 g/mol. The first-order chi connectivity index (χ1) is 17.0. The summed E-state index contributed by atoms with van der Waals surface area (Å²) in [5.41, 5.74) is 0.334. The van der Waals surface area contributed by atoms with Crippen LogP contribution in [-0.2, 0) is 26.3 Å². The summed E-state index contributed by atoms with van der Waals surface area (Å²) in [7, 11) is -1.64. The minimum absolute atomic E-state index is 0.0229. The molecule has 3 rings (SSSR count). The van der Waals surface area contributed by atoms with Crippen LogP contribution in [0, 0.1) is 5.82 Å². The molecule has 2 aromatic carbocycles. The molecule has 1 aliphatic carbocycles. The molecule has 1 saturated carbocycles. The first-order valence-corrected chi connectivity index (χ1v) is 13.6. The molecule has 1 N–H and O–H groups in total. The number of rotatable bonds is 10. The van der Waals surface area contributed by atoms with Gasteiger partial charge in [-0.1, -0.05) is 54.8 Å². The van der Waals surface area contributed by atoms with Gasteiger partial charge in [0.25, 0.3) is 0 Å². The summed E-state index contributed by atoms with van der Waals surface area (Å²) in [5, 5.41) is 3.40. The molecule has 0 heterocycles. The molecule has 2 aromatic rings. The lowest BCUT2D eigenvalue weighted by atomic mass is 10.1. The third-order valence-corrected chi connectivity index (χ3v) is 8.48. The van der Waals surface area contributed by atoms with Gasteiger partial charge in [0, 0.05) is 31.7 Å². The zero-order chi connectivity index (χ0) is 26.5. The van der Waals surface area contributed by atoms with Crippen LogP contribution in [0.1, 0.15) is 38.2 Å². The molecule has 0 aromatic heterocycles. The second kappa shape index (κ2) is 12.0. The predicted octanol–water partition coefficient (Wildman–Crippen LogP) is 3.57. The van der Waals surface area contributed by atoms with Gasteiger partial charge in [-0.2, -0.15) is 12.7 Å². The van der Waals surface area contributed by atoms with Gasteiger partial charge in [-0.05, 0) is 43.5 Å². The summed E-state index contributed by atoms with van der Waals surface area (Å²) < 4.78 is 42.5. The number of carbonyl (C=O) groups excluding carboxylic acids is 2. The third kappa shape index (κ3) is 6.54. The number of hydrogen-bond acceptors (Lipinski definition) is 4. The highest BCUT2D eigenvalue weighted by molar-refractivity contribution is 7.90. The number of anilines is 1. The quantitative estimate of drug-likeness (QED) is 0.501. The first-order valence-electron chi connectivity index (χ1n) is 11.8. The Morgan fingerprint density at radius 3 is 2.31 bits per heavy atom. The average Bonchev–Trinajstić information content (AvgIpc) is 3.35. The van der Waals surface area contributed by atoms with Crippen molar-refractivity contribution in [3.63, 3.8) is 0 Å². The fraction of sp³-hybridized carbons (Fsp3) is 0.440. The Bertz CT molecular complexity index is 1190. The van der Waals surface area contributed by atoms with E-state index >= 15 is 0 Å². The van der Waals surface area contributed by atoms with Gasteiger partial charge in [0.2, 0.25) is 11.8 Å². The lowest BCUT2D eigenvalue weighted by Crippen LogP contribution is -2.53. The molecule has 8 nitrogen and oxygen atoms in total. The molecule has 196 valence electrons. The lowest BCUT2D eigenvalue weighted by molar-refractivity contribution is -0.139. The van der Waals surface area contributed by atoms with Crippen LogP contribution >= 0.6 is 11.6 Å². The maximum absolute atomic E-state index is 14.7. The van der Waals surface area contributed by atoms with Gasteiger partial charge >= 0.3 is 10.2 Å². The smallest absolute Gasteiger partial charge is 0.304 e. The van der Waals surface area contributed by atoms with E-state index in [2.05, 4.69) is 5.32 Å². The van der Waals surface area contributed by atoms with Crippen molar-refractivity contribution in [1.29, 1.82) is 0 Å². The van der Waals surface area contributed by atoms with E-state index in [9.17, 15) is 22.4 Å². The minimum atomic E-state index is -4.24. The number of nitrogens with zero attached hydrogens (tertiary/aromatic N) is 3. The molecule has 1 fully saturated rings. The Labute approximate surface area is 217 Å². The number of para-hydroxylation sites is 1. The van der Waals surface area contributed by atoms with Crippen LogP contribution in [0.3, 0.4) is 0 Å². The van der Waals surface area contributed by atoms with Crippen LogP contribution in [0.15, 0.2) is 48.5 Å². The van der Waals surface area contributed by atoms with E-state index < -0.39 is 34.5 Å². The maximum Gasteiger partial charge on any atom is 0.304 e. The van der Waals surface area contributed by atoms with Crippen LogP contribution in [0.5, 0.6) is 0 Å². The van der Waals surface area contributed by atoms with Crippen LogP contribution in [0.4, 0.5) is 10.1 Å². The molecule has 2 amide bonds. The van der Waals surface area contributed by atoms with E-state index in [1.165, 1.54) is 37.2 Å². The van der Waals surface area contributed by atoms with Crippen molar-refractivity contribution in [1.82, 2.24) is 14.5 Å². The lowest BCUT2D eigenvalue weighted by Gasteiger charge is -2.33. The molecule has 0 aliphatic heterocycles. The number of carbonyl (C=O) groups is 2. The number of benzene rings is 2. The Balaban J connectivity index is 1.95. The highest BCUT2D eigenvalue weighted by atomic mass is 35.5. The van der Waals surface area contributed by atoms with E-state index in [-0.39, 0.29) is 24.2 Å². The van der Waals surface area contributed by atoms with Crippen LogP contribution < -0.4 is 9.62 Å². The molecule has 11 heteroatoms. The van der Waals surface area contributed by atoms with Gasteiger partial charge in [-0.25, -0.2) is 8.70 Å². The van der Waals surface area contributed by atoms with Crippen molar-refractivity contribution in [2.75, 3.05) is 24.9 Å². The standard InChI is InChI=1S/C25H32ClFN4O4S/c1-18(25(33)28-20-11-5-6-12-20)30(16-19-10-4-7-13-21(19)26)24(32)17-31(36(34,35)29(2)3)23-15-9-8-14-22(23)27/h4,7-10,13-15,18,20H,5-6,11-12,16-17H2,1-3H3,(H,28,33)/t18-/m0/s1. The van der Waals surface area contributed by atoms with Crippen LogP contribution in [-0.4, -0.2) is 62.2 Å². The normalized spacial score (nSPS) is 15.1. The van der Waals surface area contributed by atoms with Gasteiger partial charge in [-0.3, -0.25) is 9.59 Å². The molecule has 0 radical (unpaired) electrons. The molecule has 0 saturated heterocycles. The van der Waals surface area contributed by atoms with E-state index in [0.29, 0.717) is 14.9 Å². The fourth-order valence-electron chi connectivity index (χ4n) is 4.14.